The third-order valence-electron chi connectivity index (χ3n) is 1.57. The Balaban J connectivity index is 0.000000265. The lowest BCUT2D eigenvalue weighted by Gasteiger charge is -2.10. The Morgan fingerprint density at radius 3 is 2.33 bits per heavy atom. The van der Waals surface area contributed by atoms with E-state index < -0.39 is 12.1 Å². The molecule has 0 fully saturated rings. The molecule has 15 heavy (non-hydrogen) atoms. The fraction of sp³-hybridized carbons (Fsp3) is 0.625. The minimum absolute atomic E-state index is 0.710. The molecule has 88 valence electrons. The quantitative estimate of drug-likeness (QED) is 0.547. The molecular weight excluding hydrogens is 235 g/mol. The molecule has 0 aromatic heterocycles. The van der Waals surface area contributed by atoms with Gasteiger partial charge in [0.1, 0.15) is 0 Å². The second kappa shape index (κ2) is 6.68. The second-order valence-corrected chi connectivity index (χ2v) is 3.02. The molecule has 0 amide bonds. The number of rotatable bonds is 1. The number of hydrogen-bond donors (Lipinski definition) is 2. The van der Waals surface area contributed by atoms with Crippen LogP contribution in [0, 0.1) is 0 Å². The van der Waals surface area contributed by atoms with E-state index >= 15 is 0 Å². The van der Waals surface area contributed by atoms with Crippen LogP contribution >= 0.6 is 11.6 Å². The molecule has 0 bridgehead atoms. The molecule has 1 aliphatic heterocycles. The molecule has 1 heterocycles. The molecule has 7 heteroatoms. The van der Waals surface area contributed by atoms with Crippen LogP contribution < -0.4 is 5.32 Å². The van der Waals surface area contributed by atoms with Crippen molar-refractivity contribution in [3.8, 4) is 0 Å². The van der Waals surface area contributed by atoms with Gasteiger partial charge in [0, 0.05) is 12.4 Å². The van der Waals surface area contributed by atoms with Gasteiger partial charge in [-0.05, 0) is 13.0 Å². The van der Waals surface area contributed by atoms with Crippen LogP contribution in [0.5, 0.6) is 0 Å². The lowest BCUT2D eigenvalue weighted by atomic mass is 10.1. The van der Waals surface area contributed by atoms with E-state index in [1.54, 1.807) is 0 Å². The molecule has 0 spiro atoms. The Hall–Kier alpha value is -0.750. The summed E-state index contributed by atoms with van der Waals surface area (Å²) in [5.41, 5.74) is 1.38. The summed E-state index contributed by atoms with van der Waals surface area (Å²) < 4.78 is 31.7. The van der Waals surface area contributed by atoms with Gasteiger partial charge in [-0.25, -0.2) is 4.79 Å². The van der Waals surface area contributed by atoms with Crippen LogP contribution in [0.4, 0.5) is 13.2 Å². The fourth-order valence-corrected chi connectivity index (χ4v) is 1.03. The maximum absolute atomic E-state index is 10.6. The van der Waals surface area contributed by atoms with E-state index in [9.17, 15) is 13.2 Å². The van der Waals surface area contributed by atoms with Crippen molar-refractivity contribution < 1.29 is 23.1 Å². The first-order valence-electron chi connectivity index (χ1n) is 4.12. The average Bonchev–Trinajstić information content (AvgIpc) is 2.18. The molecular formula is C8H11ClF3NO2. The van der Waals surface area contributed by atoms with Crippen LogP contribution in [0.3, 0.4) is 0 Å². The number of carbonyl (C=O) groups is 1. The van der Waals surface area contributed by atoms with Gasteiger partial charge in [-0.3, -0.25) is 0 Å². The summed E-state index contributed by atoms with van der Waals surface area (Å²) in [6.07, 6.45) is -1.79. The van der Waals surface area contributed by atoms with E-state index in [-0.39, 0.29) is 0 Å². The van der Waals surface area contributed by atoms with Crippen LogP contribution in [-0.2, 0) is 4.79 Å². The van der Waals surface area contributed by atoms with Crippen LogP contribution in [0.25, 0.3) is 0 Å². The van der Waals surface area contributed by atoms with Crippen LogP contribution in [0.1, 0.15) is 6.42 Å². The van der Waals surface area contributed by atoms with Gasteiger partial charge < -0.3 is 10.4 Å². The lowest BCUT2D eigenvalue weighted by molar-refractivity contribution is -0.192. The predicted octanol–water partition coefficient (Wildman–Crippen LogP) is 1.78. The Kier molecular flexibility index (Phi) is 6.35. The van der Waals surface area contributed by atoms with Crippen molar-refractivity contribution in [1.29, 1.82) is 0 Å². The number of carboxylic acids is 1. The third kappa shape index (κ3) is 7.21. The number of nitrogens with one attached hydrogen (secondary N) is 1. The number of carboxylic acid groups (broad SMARTS) is 1. The summed E-state index contributed by atoms with van der Waals surface area (Å²) in [7, 11) is 0. The standard InChI is InChI=1S/C6H10ClN.C2HF3O2/c7-5-6-1-3-8-4-2-6;3-2(4,5)1(6)7/h1,8H,2-5H2;(H,6,7). The van der Waals surface area contributed by atoms with Crippen molar-refractivity contribution in [2.24, 2.45) is 0 Å². The van der Waals surface area contributed by atoms with Crippen LogP contribution in [0.15, 0.2) is 11.6 Å². The molecule has 0 saturated carbocycles. The highest BCUT2D eigenvalue weighted by Gasteiger charge is 2.38. The Bertz CT molecular complexity index is 241. The van der Waals surface area contributed by atoms with Gasteiger partial charge in [0.25, 0.3) is 0 Å². The predicted molar refractivity (Wildman–Crippen MR) is 50.0 cm³/mol. The van der Waals surface area contributed by atoms with E-state index in [1.807, 2.05) is 0 Å². The van der Waals surface area contributed by atoms with Crippen molar-refractivity contribution in [1.82, 2.24) is 5.32 Å². The van der Waals surface area contributed by atoms with Crippen molar-refractivity contribution >= 4 is 17.6 Å². The molecule has 3 nitrogen and oxygen atoms in total. The molecule has 1 rings (SSSR count). The van der Waals surface area contributed by atoms with E-state index in [2.05, 4.69) is 11.4 Å². The van der Waals surface area contributed by atoms with Crippen molar-refractivity contribution in [2.45, 2.75) is 12.6 Å². The van der Waals surface area contributed by atoms with Crippen molar-refractivity contribution in [3.63, 3.8) is 0 Å². The summed E-state index contributed by atoms with van der Waals surface area (Å²) in [6, 6.07) is 0. The van der Waals surface area contributed by atoms with Gasteiger partial charge in [0.15, 0.2) is 0 Å². The monoisotopic (exact) mass is 245 g/mol. The summed E-state index contributed by atoms with van der Waals surface area (Å²) in [4.78, 5) is 8.90. The van der Waals surface area contributed by atoms with E-state index in [4.69, 9.17) is 21.5 Å². The molecule has 0 unspecified atom stereocenters. The zero-order valence-electron chi connectivity index (χ0n) is 7.77. The highest BCUT2D eigenvalue weighted by Crippen LogP contribution is 2.13. The van der Waals surface area contributed by atoms with Crippen LogP contribution in [0.2, 0.25) is 0 Å². The Morgan fingerprint density at radius 1 is 1.60 bits per heavy atom. The molecule has 0 atom stereocenters. The molecule has 0 aromatic rings. The number of halogens is 4. The van der Waals surface area contributed by atoms with Crippen molar-refractivity contribution in [3.05, 3.63) is 11.6 Å². The van der Waals surface area contributed by atoms with Gasteiger partial charge in [-0.15, -0.1) is 11.6 Å². The normalized spacial score (nSPS) is 16.1. The van der Waals surface area contributed by atoms with Gasteiger partial charge in [-0.1, -0.05) is 11.6 Å². The molecule has 0 aliphatic carbocycles. The highest BCUT2D eigenvalue weighted by molar-refractivity contribution is 6.19. The fourth-order valence-electron chi connectivity index (χ4n) is 0.791. The van der Waals surface area contributed by atoms with E-state index in [0.717, 1.165) is 19.5 Å². The van der Waals surface area contributed by atoms with Gasteiger partial charge in [-0.2, -0.15) is 13.2 Å². The van der Waals surface area contributed by atoms with Crippen LogP contribution in [-0.4, -0.2) is 36.2 Å². The molecule has 0 aromatic carbocycles. The first kappa shape index (κ1) is 14.2. The summed E-state index contributed by atoms with van der Waals surface area (Å²) in [5, 5.41) is 10.3. The molecule has 2 N–H and O–H groups in total. The first-order chi connectivity index (χ1) is 6.88. The first-order valence-corrected chi connectivity index (χ1v) is 4.66. The third-order valence-corrected chi connectivity index (χ3v) is 1.92. The zero-order chi connectivity index (χ0) is 11.9. The highest BCUT2D eigenvalue weighted by atomic mass is 35.5. The Labute approximate surface area is 89.9 Å². The van der Waals surface area contributed by atoms with Gasteiger partial charge in [0.2, 0.25) is 0 Å². The zero-order valence-corrected chi connectivity index (χ0v) is 8.53. The van der Waals surface area contributed by atoms with Crippen molar-refractivity contribution in [2.75, 3.05) is 19.0 Å². The van der Waals surface area contributed by atoms with Gasteiger partial charge in [0.05, 0.1) is 0 Å². The summed E-state index contributed by atoms with van der Waals surface area (Å²) >= 11 is 5.58. The average molecular weight is 246 g/mol. The minimum Gasteiger partial charge on any atom is -0.475 e. The van der Waals surface area contributed by atoms with Gasteiger partial charge >= 0.3 is 12.1 Å². The summed E-state index contributed by atoms with van der Waals surface area (Å²) in [5.74, 6) is -2.05. The molecule has 0 radical (unpaired) electrons. The smallest absolute Gasteiger partial charge is 0.475 e. The SMILES string of the molecule is ClCC1=CCNCC1.O=C(O)C(F)(F)F. The largest absolute Gasteiger partial charge is 0.490 e. The molecule has 0 saturated heterocycles. The molecule has 1 aliphatic rings. The number of hydrogen-bond acceptors (Lipinski definition) is 2. The summed E-state index contributed by atoms with van der Waals surface area (Å²) in [6.45, 7) is 2.10. The minimum atomic E-state index is -5.08. The Morgan fingerprint density at radius 2 is 2.13 bits per heavy atom. The second-order valence-electron chi connectivity index (χ2n) is 2.75. The maximum Gasteiger partial charge on any atom is 0.490 e. The number of aliphatic carboxylic acids is 1. The maximum atomic E-state index is 10.6. The lowest BCUT2D eigenvalue weighted by Crippen LogP contribution is -2.21. The van der Waals surface area contributed by atoms with E-state index in [0.29, 0.717) is 5.88 Å². The number of alkyl halides is 4. The van der Waals surface area contributed by atoms with E-state index in [1.165, 1.54) is 5.57 Å². The topological polar surface area (TPSA) is 49.3 Å².